The fourth-order valence-electron chi connectivity index (χ4n) is 4.87. The molecule has 0 saturated carbocycles. The molecule has 2 aromatic carbocycles. The summed E-state index contributed by atoms with van der Waals surface area (Å²) in [6.07, 6.45) is 6.92. The summed E-state index contributed by atoms with van der Waals surface area (Å²) in [5.74, 6) is 0.264. The quantitative estimate of drug-likeness (QED) is 0.374. The molecule has 2 heterocycles. The summed E-state index contributed by atoms with van der Waals surface area (Å²) >= 11 is 0. The Morgan fingerprint density at radius 2 is 1.92 bits per heavy atom. The molecule has 1 N–H and O–H groups in total. The lowest BCUT2D eigenvalue weighted by molar-refractivity contribution is -0.134. The number of nitrogens with one attached hydrogen (secondary N) is 1. The number of rotatable bonds is 9. The molecule has 1 aromatic heterocycles. The molecule has 8 heteroatoms. The van der Waals surface area contributed by atoms with Crippen LogP contribution in [0, 0.1) is 11.3 Å². The molecule has 37 heavy (non-hydrogen) atoms. The summed E-state index contributed by atoms with van der Waals surface area (Å²) in [7, 11) is -3.42. The smallest absolute Gasteiger partial charge is 0.331 e. The Bertz CT molecular complexity index is 1540. The van der Waals surface area contributed by atoms with Gasteiger partial charge in [0.15, 0.2) is 0 Å². The number of furan rings is 1. The SMILES string of the molecule is CCCCS(=O)(=O)Nc1ccc(-c2c(Cc3ccco3)ccc3c2C(C#N)=CC3C2=CC(=O)OC2)cc1. The third-order valence-corrected chi connectivity index (χ3v) is 8.00. The van der Waals surface area contributed by atoms with Gasteiger partial charge in [-0.3, -0.25) is 4.72 Å². The van der Waals surface area contributed by atoms with Gasteiger partial charge in [-0.05, 0) is 58.5 Å². The molecule has 0 radical (unpaired) electrons. The first-order valence-corrected chi connectivity index (χ1v) is 13.8. The summed E-state index contributed by atoms with van der Waals surface area (Å²) < 4.78 is 38.1. The van der Waals surface area contributed by atoms with Gasteiger partial charge in [0, 0.05) is 29.7 Å². The summed E-state index contributed by atoms with van der Waals surface area (Å²) in [5.41, 5.74) is 6.29. The van der Waals surface area contributed by atoms with Crippen LogP contribution in [0.3, 0.4) is 0 Å². The van der Waals surface area contributed by atoms with Crippen molar-refractivity contribution in [2.75, 3.05) is 17.1 Å². The Hall–Kier alpha value is -4.09. The van der Waals surface area contributed by atoms with Crippen LogP contribution in [0.1, 0.15) is 48.1 Å². The van der Waals surface area contributed by atoms with Crippen LogP contribution in [0.4, 0.5) is 5.69 Å². The first-order valence-electron chi connectivity index (χ1n) is 12.2. The molecular formula is C29H26N2O5S. The van der Waals surface area contributed by atoms with Gasteiger partial charge in [-0.25, -0.2) is 13.2 Å². The monoisotopic (exact) mass is 514 g/mol. The van der Waals surface area contributed by atoms with Gasteiger partial charge >= 0.3 is 5.97 Å². The maximum Gasteiger partial charge on any atom is 0.331 e. The van der Waals surface area contributed by atoms with E-state index in [0.29, 0.717) is 24.1 Å². The number of hydrogen-bond donors (Lipinski definition) is 1. The number of anilines is 1. The minimum absolute atomic E-state index is 0.0739. The lowest BCUT2D eigenvalue weighted by atomic mass is 9.85. The van der Waals surface area contributed by atoms with Crippen LogP contribution in [-0.2, 0) is 26.0 Å². The van der Waals surface area contributed by atoms with Crippen LogP contribution in [-0.4, -0.2) is 26.7 Å². The van der Waals surface area contributed by atoms with Crippen molar-refractivity contribution in [2.45, 2.75) is 32.1 Å². The predicted octanol–water partition coefficient (Wildman–Crippen LogP) is 5.57. The van der Waals surface area contributed by atoms with E-state index in [1.807, 2.05) is 49.4 Å². The number of benzene rings is 2. The first-order chi connectivity index (χ1) is 17.9. The Morgan fingerprint density at radius 1 is 1.11 bits per heavy atom. The molecule has 1 aliphatic carbocycles. The van der Waals surface area contributed by atoms with Crippen molar-refractivity contribution in [2.24, 2.45) is 0 Å². The maximum atomic E-state index is 12.4. The number of carbonyl (C=O) groups is 1. The molecule has 0 fully saturated rings. The van der Waals surface area contributed by atoms with E-state index in [4.69, 9.17) is 9.15 Å². The average Bonchev–Trinajstić information content (AvgIpc) is 3.63. The average molecular weight is 515 g/mol. The van der Waals surface area contributed by atoms with Gasteiger partial charge in [-0.1, -0.05) is 43.7 Å². The zero-order valence-electron chi connectivity index (χ0n) is 20.4. The van der Waals surface area contributed by atoms with E-state index in [1.165, 1.54) is 6.08 Å². The van der Waals surface area contributed by atoms with Crippen molar-refractivity contribution in [3.63, 3.8) is 0 Å². The fourth-order valence-corrected chi connectivity index (χ4v) is 6.13. The summed E-state index contributed by atoms with van der Waals surface area (Å²) in [6, 6.07) is 17.3. The van der Waals surface area contributed by atoms with E-state index in [0.717, 1.165) is 45.6 Å². The second kappa shape index (κ2) is 10.1. The number of unbranched alkanes of at least 4 members (excludes halogenated alkanes) is 1. The Balaban J connectivity index is 1.58. The first kappa shape index (κ1) is 24.6. The lowest BCUT2D eigenvalue weighted by Gasteiger charge is -2.18. The van der Waals surface area contributed by atoms with Gasteiger partial charge in [-0.2, -0.15) is 5.26 Å². The summed E-state index contributed by atoms with van der Waals surface area (Å²) in [4.78, 5) is 11.7. The van der Waals surface area contributed by atoms with E-state index in [2.05, 4.69) is 10.8 Å². The third kappa shape index (κ3) is 5.09. The number of allylic oxidation sites excluding steroid dienone is 2. The van der Waals surface area contributed by atoms with Gasteiger partial charge in [0.05, 0.1) is 23.7 Å². The highest BCUT2D eigenvalue weighted by Gasteiger charge is 2.32. The molecule has 0 spiro atoms. The highest BCUT2D eigenvalue weighted by Crippen LogP contribution is 2.47. The Labute approximate surface area is 216 Å². The minimum Gasteiger partial charge on any atom is -0.469 e. The van der Waals surface area contributed by atoms with Gasteiger partial charge in [0.25, 0.3) is 0 Å². The standard InChI is InChI=1S/C29H26N2O5S/c1-2-3-13-37(33,34)31-23-9-6-19(7-10-23)28-20(14-24-5-4-12-35-24)8-11-25-26(15-21(17-30)29(25)28)22-16-27(32)36-18-22/h4-12,15-16,26,31H,2-3,13-14,18H2,1H3. The topological polar surface area (TPSA) is 109 Å². The van der Waals surface area contributed by atoms with E-state index in [-0.39, 0.29) is 24.2 Å². The van der Waals surface area contributed by atoms with Gasteiger partial charge in [-0.15, -0.1) is 0 Å². The van der Waals surface area contributed by atoms with Crippen molar-refractivity contribution in [1.82, 2.24) is 0 Å². The van der Waals surface area contributed by atoms with Crippen LogP contribution < -0.4 is 4.72 Å². The van der Waals surface area contributed by atoms with E-state index in [1.54, 1.807) is 18.4 Å². The molecular weight excluding hydrogens is 488 g/mol. The number of nitriles is 1. The third-order valence-electron chi connectivity index (χ3n) is 6.62. The predicted molar refractivity (Wildman–Crippen MR) is 141 cm³/mol. The number of cyclic esters (lactones) is 1. The molecule has 2 aliphatic rings. The fraction of sp³-hybridized carbons (Fsp3) is 0.241. The number of hydrogen-bond acceptors (Lipinski definition) is 6. The Morgan fingerprint density at radius 3 is 2.57 bits per heavy atom. The highest BCUT2D eigenvalue weighted by molar-refractivity contribution is 7.92. The Kier molecular flexibility index (Phi) is 6.72. The van der Waals surface area contributed by atoms with Gasteiger partial charge in [0.2, 0.25) is 10.0 Å². The van der Waals surface area contributed by atoms with Crippen LogP contribution in [0.15, 0.2) is 76.9 Å². The summed E-state index contributed by atoms with van der Waals surface area (Å²) in [6.45, 7) is 2.15. The number of esters is 1. The molecule has 1 unspecified atom stereocenters. The minimum atomic E-state index is -3.42. The van der Waals surface area contributed by atoms with Crippen LogP contribution in [0.5, 0.6) is 0 Å². The van der Waals surface area contributed by atoms with E-state index >= 15 is 0 Å². The van der Waals surface area contributed by atoms with Crippen LogP contribution in [0.25, 0.3) is 16.7 Å². The molecule has 0 bridgehead atoms. The van der Waals surface area contributed by atoms with Crippen molar-refractivity contribution in [3.05, 3.63) is 95.0 Å². The van der Waals surface area contributed by atoms with Crippen LogP contribution >= 0.6 is 0 Å². The number of fused-ring (bicyclic) bond motifs is 1. The molecule has 0 saturated heterocycles. The number of carbonyl (C=O) groups excluding carboxylic acids is 1. The second-order valence-electron chi connectivity index (χ2n) is 9.17. The molecule has 3 aromatic rings. The van der Waals surface area contributed by atoms with E-state index < -0.39 is 10.0 Å². The van der Waals surface area contributed by atoms with Crippen molar-refractivity contribution < 1.29 is 22.4 Å². The molecule has 1 atom stereocenters. The molecule has 7 nitrogen and oxygen atoms in total. The molecule has 5 rings (SSSR count). The van der Waals surface area contributed by atoms with Crippen LogP contribution in [0.2, 0.25) is 0 Å². The van der Waals surface area contributed by atoms with Crippen molar-refractivity contribution in [1.29, 1.82) is 5.26 Å². The maximum absolute atomic E-state index is 12.4. The molecule has 0 amide bonds. The normalized spacial score (nSPS) is 16.5. The van der Waals surface area contributed by atoms with E-state index in [9.17, 15) is 18.5 Å². The number of ether oxygens (including phenoxy) is 1. The summed E-state index contributed by atoms with van der Waals surface area (Å²) in [5, 5.41) is 10.1. The highest BCUT2D eigenvalue weighted by atomic mass is 32.2. The molecule has 1 aliphatic heterocycles. The largest absolute Gasteiger partial charge is 0.469 e. The zero-order chi connectivity index (χ0) is 26.0. The van der Waals surface area contributed by atoms with Crippen molar-refractivity contribution >= 4 is 27.3 Å². The van der Waals surface area contributed by atoms with Gasteiger partial charge < -0.3 is 9.15 Å². The van der Waals surface area contributed by atoms with Crippen molar-refractivity contribution in [3.8, 4) is 17.2 Å². The second-order valence-corrected chi connectivity index (χ2v) is 11.0. The number of sulfonamides is 1. The zero-order valence-corrected chi connectivity index (χ0v) is 21.2. The van der Waals surface area contributed by atoms with Gasteiger partial charge in [0.1, 0.15) is 12.4 Å². The lowest BCUT2D eigenvalue weighted by Crippen LogP contribution is -2.16. The molecule has 188 valence electrons. The number of nitrogens with zero attached hydrogens (tertiary/aromatic N) is 1.